The van der Waals surface area contributed by atoms with Crippen LogP contribution in [-0.4, -0.2) is 29.1 Å². The van der Waals surface area contributed by atoms with E-state index in [-0.39, 0.29) is 18.3 Å². The number of ether oxygens (including phenoxy) is 1. The smallest absolute Gasteiger partial charge is 0.201 e. The minimum absolute atomic E-state index is 0.0406. The van der Waals surface area contributed by atoms with Crippen molar-refractivity contribution in [3.63, 3.8) is 0 Å². The Bertz CT molecular complexity index is 296. The summed E-state index contributed by atoms with van der Waals surface area (Å²) in [6.45, 7) is 4.07. The van der Waals surface area contributed by atoms with Crippen molar-refractivity contribution in [1.29, 1.82) is 0 Å². The van der Waals surface area contributed by atoms with Gasteiger partial charge in [0.2, 0.25) is 5.78 Å². The van der Waals surface area contributed by atoms with Gasteiger partial charge in [0.25, 0.3) is 0 Å². The second-order valence-corrected chi connectivity index (χ2v) is 3.75. The molecule has 13 heavy (non-hydrogen) atoms. The summed E-state index contributed by atoms with van der Waals surface area (Å²) in [5.41, 5.74) is 0.770. The van der Waals surface area contributed by atoms with E-state index in [4.69, 9.17) is 4.74 Å². The Morgan fingerprint density at radius 1 is 1.62 bits per heavy atom. The highest BCUT2D eigenvalue weighted by Crippen LogP contribution is 2.19. The third kappa shape index (κ3) is 2.32. The van der Waals surface area contributed by atoms with Gasteiger partial charge in [-0.3, -0.25) is 4.79 Å². The number of hydrogen-bond donors (Lipinski definition) is 0. The lowest BCUT2D eigenvalue weighted by molar-refractivity contribution is 0.0850. The monoisotopic (exact) mass is 200 g/mol. The summed E-state index contributed by atoms with van der Waals surface area (Å²) < 4.78 is 8.53. The maximum atomic E-state index is 11.4. The Morgan fingerprint density at radius 2 is 2.31 bits per heavy atom. The summed E-state index contributed by atoms with van der Waals surface area (Å²) in [6, 6.07) is 0. The van der Waals surface area contributed by atoms with Crippen LogP contribution in [0.4, 0.5) is 0 Å². The van der Waals surface area contributed by atoms with Gasteiger partial charge >= 0.3 is 0 Å². The summed E-state index contributed by atoms with van der Waals surface area (Å²) >= 11 is 1.14. The number of carbonyl (C=O) groups is 1. The van der Waals surface area contributed by atoms with Crippen molar-refractivity contribution >= 4 is 17.3 Å². The molecule has 1 heterocycles. The maximum Gasteiger partial charge on any atom is 0.201 e. The molecule has 1 aromatic heterocycles. The zero-order valence-corrected chi connectivity index (χ0v) is 8.72. The first-order chi connectivity index (χ1) is 6.16. The van der Waals surface area contributed by atoms with Crippen LogP contribution in [0, 0.1) is 0 Å². The lowest BCUT2D eigenvalue weighted by Crippen LogP contribution is -2.08. The van der Waals surface area contributed by atoms with Crippen molar-refractivity contribution in [3.05, 3.63) is 10.6 Å². The number of Topliss-reactive ketones (excluding diaryl/α,β-unsaturated/α-hetero) is 1. The SMILES string of the molecule is COCC(=O)c1snnc1C(C)C. The van der Waals surface area contributed by atoms with E-state index < -0.39 is 0 Å². The first-order valence-electron chi connectivity index (χ1n) is 4.01. The van der Waals surface area contributed by atoms with Crippen LogP contribution in [0.3, 0.4) is 0 Å². The highest BCUT2D eigenvalue weighted by molar-refractivity contribution is 7.08. The zero-order valence-electron chi connectivity index (χ0n) is 7.90. The molecule has 5 heteroatoms. The largest absolute Gasteiger partial charge is 0.376 e. The number of ketones is 1. The van der Waals surface area contributed by atoms with Gasteiger partial charge in [-0.15, -0.1) is 5.10 Å². The third-order valence-electron chi connectivity index (χ3n) is 1.59. The fourth-order valence-corrected chi connectivity index (χ4v) is 1.71. The van der Waals surface area contributed by atoms with Gasteiger partial charge in [0.05, 0.1) is 5.69 Å². The molecule has 0 unspecified atom stereocenters. The lowest BCUT2D eigenvalue weighted by Gasteiger charge is -2.01. The van der Waals surface area contributed by atoms with E-state index in [9.17, 15) is 4.79 Å². The molecule has 0 amide bonds. The third-order valence-corrected chi connectivity index (χ3v) is 2.37. The summed E-state index contributed by atoms with van der Waals surface area (Å²) in [5.74, 6) is 0.191. The molecule has 0 saturated heterocycles. The summed E-state index contributed by atoms with van der Waals surface area (Å²) in [5, 5.41) is 3.91. The molecule has 1 rings (SSSR count). The summed E-state index contributed by atoms with van der Waals surface area (Å²) in [7, 11) is 1.50. The number of nitrogens with zero attached hydrogens (tertiary/aromatic N) is 2. The maximum absolute atomic E-state index is 11.4. The molecule has 0 spiro atoms. The molecule has 0 aliphatic rings. The van der Waals surface area contributed by atoms with Crippen LogP contribution in [0.25, 0.3) is 0 Å². The topological polar surface area (TPSA) is 52.1 Å². The number of hydrogen-bond acceptors (Lipinski definition) is 5. The molecule has 0 N–H and O–H groups in total. The normalized spacial score (nSPS) is 10.8. The Labute approximate surface area is 81.1 Å². The van der Waals surface area contributed by atoms with Crippen LogP contribution >= 0.6 is 11.5 Å². The summed E-state index contributed by atoms with van der Waals surface area (Å²) in [4.78, 5) is 12.1. The van der Waals surface area contributed by atoms with Crippen molar-refractivity contribution in [3.8, 4) is 0 Å². The predicted octanol–water partition coefficient (Wildman–Crippen LogP) is 1.49. The van der Waals surface area contributed by atoms with Gasteiger partial charge in [-0.2, -0.15) is 0 Å². The van der Waals surface area contributed by atoms with Crippen molar-refractivity contribution in [2.75, 3.05) is 13.7 Å². The minimum atomic E-state index is -0.0406. The van der Waals surface area contributed by atoms with Crippen LogP contribution in [0.15, 0.2) is 0 Å². The van der Waals surface area contributed by atoms with E-state index in [0.29, 0.717) is 4.88 Å². The molecule has 1 aromatic rings. The Morgan fingerprint density at radius 3 is 2.85 bits per heavy atom. The second-order valence-electron chi connectivity index (χ2n) is 3.00. The number of rotatable bonds is 4. The molecule has 0 fully saturated rings. The lowest BCUT2D eigenvalue weighted by atomic mass is 10.1. The van der Waals surface area contributed by atoms with Gasteiger partial charge in [-0.1, -0.05) is 18.3 Å². The molecule has 0 aromatic carbocycles. The second kappa shape index (κ2) is 4.43. The molecule has 0 atom stereocenters. The Kier molecular flexibility index (Phi) is 3.50. The van der Waals surface area contributed by atoms with Crippen LogP contribution < -0.4 is 0 Å². The van der Waals surface area contributed by atoms with Crippen molar-refractivity contribution in [1.82, 2.24) is 9.59 Å². The van der Waals surface area contributed by atoms with Crippen LogP contribution in [-0.2, 0) is 4.74 Å². The standard InChI is InChI=1S/C8H12N2O2S/c1-5(2)7-8(13-10-9-7)6(11)4-12-3/h5H,4H2,1-3H3. The van der Waals surface area contributed by atoms with E-state index >= 15 is 0 Å². The van der Waals surface area contributed by atoms with Gasteiger partial charge in [0, 0.05) is 7.11 Å². The molecule has 0 radical (unpaired) electrons. The fourth-order valence-electron chi connectivity index (χ4n) is 0.965. The number of methoxy groups -OCH3 is 1. The van der Waals surface area contributed by atoms with Crippen LogP contribution in [0.5, 0.6) is 0 Å². The van der Waals surface area contributed by atoms with Gasteiger partial charge in [0.15, 0.2) is 0 Å². The van der Waals surface area contributed by atoms with Gasteiger partial charge in [0.1, 0.15) is 11.5 Å². The van der Waals surface area contributed by atoms with E-state index in [0.717, 1.165) is 17.2 Å². The van der Waals surface area contributed by atoms with Crippen molar-refractivity contribution in [2.45, 2.75) is 19.8 Å². The molecular formula is C8H12N2O2S. The number of carbonyl (C=O) groups excluding carboxylic acids is 1. The molecule has 4 nitrogen and oxygen atoms in total. The highest BCUT2D eigenvalue weighted by atomic mass is 32.1. The summed E-state index contributed by atoms with van der Waals surface area (Å²) in [6.07, 6.45) is 0. The van der Waals surface area contributed by atoms with E-state index in [1.54, 1.807) is 0 Å². The molecular weight excluding hydrogens is 188 g/mol. The molecule has 72 valence electrons. The number of aromatic nitrogens is 2. The molecule has 0 aliphatic heterocycles. The van der Waals surface area contributed by atoms with Crippen molar-refractivity contribution < 1.29 is 9.53 Å². The van der Waals surface area contributed by atoms with Crippen LogP contribution in [0.1, 0.15) is 35.1 Å². The molecule has 0 bridgehead atoms. The van der Waals surface area contributed by atoms with E-state index in [1.165, 1.54) is 7.11 Å². The van der Waals surface area contributed by atoms with Gasteiger partial charge in [-0.05, 0) is 17.5 Å². The van der Waals surface area contributed by atoms with Crippen LogP contribution in [0.2, 0.25) is 0 Å². The van der Waals surface area contributed by atoms with E-state index in [2.05, 4.69) is 9.59 Å². The average Bonchev–Trinajstić information content (AvgIpc) is 2.52. The first-order valence-corrected chi connectivity index (χ1v) is 4.78. The quantitative estimate of drug-likeness (QED) is 0.691. The van der Waals surface area contributed by atoms with Gasteiger partial charge < -0.3 is 4.74 Å². The highest BCUT2D eigenvalue weighted by Gasteiger charge is 2.17. The minimum Gasteiger partial charge on any atom is -0.376 e. The van der Waals surface area contributed by atoms with E-state index in [1.807, 2.05) is 13.8 Å². The molecule has 0 aliphatic carbocycles. The fraction of sp³-hybridized carbons (Fsp3) is 0.625. The van der Waals surface area contributed by atoms with Gasteiger partial charge in [-0.25, -0.2) is 0 Å². The first kappa shape index (κ1) is 10.3. The zero-order chi connectivity index (χ0) is 9.84. The molecule has 0 saturated carbocycles. The Balaban J connectivity index is 2.87. The average molecular weight is 200 g/mol. The van der Waals surface area contributed by atoms with Crippen molar-refractivity contribution in [2.24, 2.45) is 0 Å². The Hall–Kier alpha value is -0.810. The predicted molar refractivity (Wildman–Crippen MR) is 50.2 cm³/mol.